The zero-order valence-corrected chi connectivity index (χ0v) is 13.0. The standard InChI is InChI=1S/C17H14BrNO2/c18-14-5-6-16(13(9-14)10-19)21-11-12-7-8-20-17-4-2-1-3-15(12)17/h1-6,9,12H,7-8,11H2. The number of hydrogen-bond donors (Lipinski definition) is 0. The summed E-state index contributed by atoms with van der Waals surface area (Å²) >= 11 is 3.36. The van der Waals surface area contributed by atoms with E-state index in [1.807, 2.05) is 30.3 Å². The van der Waals surface area contributed by atoms with E-state index in [0.717, 1.165) is 16.6 Å². The van der Waals surface area contributed by atoms with Gasteiger partial charge in [-0.2, -0.15) is 5.26 Å². The van der Waals surface area contributed by atoms with Crippen LogP contribution in [0.5, 0.6) is 11.5 Å². The van der Waals surface area contributed by atoms with Gasteiger partial charge in [-0.15, -0.1) is 0 Å². The molecule has 0 fully saturated rings. The summed E-state index contributed by atoms with van der Waals surface area (Å²) in [6, 6.07) is 15.7. The Morgan fingerprint density at radius 1 is 1.29 bits per heavy atom. The molecule has 0 saturated carbocycles. The molecule has 21 heavy (non-hydrogen) atoms. The van der Waals surface area contributed by atoms with E-state index < -0.39 is 0 Å². The molecule has 0 N–H and O–H groups in total. The molecule has 0 saturated heterocycles. The van der Waals surface area contributed by atoms with Crippen molar-refractivity contribution >= 4 is 15.9 Å². The Hall–Kier alpha value is -1.99. The Labute approximate surface area is 132 Å². The molecular weight excluding hydrogens is 330 g/mol. The average Bonchev–Trinajstić information content (AvgIpc) is 2.53. The number of fused-ring (bicyclic) bond motifs is 1. The van der Waals surface area contributed by atoms with Gasteiger partial charge in [0, 0.05) is 16.0 Å². The third-order valence-electron chi connectivity index (χ3n) is 3.58. The topological polar surface area (TPSA) is 42.2 Å². The molecule has 3 rings (SSSR count). The predicted octanol–water partition coefficient (Wildman–Crippen LogP) is 4.27. The first-order valence-corrected chi connectivity index (χ1v) is 7.61. The average molecular weight is 344 g/mol. The second kappa shape index (κ2) is 6.19. The Bertz CT molecular complexity index is 693. The minimum absolute atomic E-state index is 0.296. The van der Waals surface area contributed by atoms with Gasteiger partial charge in [-0.3, -0.25) is 0 Å². The first-order chi connectivity index (χ1) is 10.3. The molecule has 1 heterocycles. The van der Waals surface area contributed by atoms with Gasteiger partial charge in [0.25, 0.3) is 0 Å². The summed E-state index contributed by atoms with van der Waals surface area (Å²) in [6.07, 6.45) is 0.926. The fraction of sp³-hybridized carbons (Fsp3) is 0.235. The van der Waals surface area contributed by atoms with E-state index in [0.29, 0.717) is 30.4 Å². The molecule has 0 amide bonds. The van der Waals surface area contributed by atoms with E-state index in [-0.39, 0.29) is 0 Å². The van der Waals surface area contributed by atoms with Gasteiger partial charge < -0.3 is 9.47 Å². The Morgan fingerprint density at radius 2 is 2.14 bits per heavy atom. The summed E-state index contributed by atoms with van der Waals surface area (Å²) in [5.74, 6) is 1.86. The lowest BCUT2D eigenvalue weighted by Gasteiger charge is -2.26. The fourth-order valence-corrected chi connectivity index (χ4v) is 2.86. The van der Waals surface area contributed by atoms with Gasteiger partial charge in [-0.25, -0.2) is 0 Å². The SMILES string of the molecule is N#Cc1cc(Br)ccc1OCC1CCOc2ccccc21. The maximum Gasteiger partial charge on any atom is 0.137 e. The van der Waals surface area contributed by atoms with Gasteiger partial charge >= 0.3 is 0 Å². The predicted molar refractivity (Wildman–Crippen MR) is 83.6 cm³/mol. The number of ether oxygens (including phenoxy) is 2. The fourth-order valence-electron chi connectivity index (χ4n) is 2.49. The van der Waals surface area contributed by atoms with Crippen LogP contribution in [0.4, 0.5) is 0 Å². The molecule has 106 valence electrons. The van der Waals surface area contributed by atoms with Crippen LogP contribution in [0, 0.1) is 11.3 Å². The normalized spacial score (nSPS) is 16.5. The molecule has 3 nitrogen and oxygen atoms in total. The number of hydrogen-bond acceptors (Lipinski definition) is 3. The highest BCUT2D eigenvalue weighted by Crippen LogP contribution is 2.34. The monoisotopic (exact) mass is 343 g/mol. The maximum atomic E-state index is 9.17. The van der Waals surface area contributed by atoms with E-state index in [1.54, 1.807) is 6.07 Å². The quantitative estimate of drug-likeness (QED) is 0.835. The summed E-state index contributed by atoms with van der Waals surface area (Å²) < 4.78 is 12.4. The Morgan fingerprint density at radius 3 is 3.00 bits per heavy atom. The Balaban J connectivity index is 1.76. The number of nitriles is 1. The van der Waals surface area contributed by atoms with Crippen LogP contribution >= 0.6 is 15.9 Å². The van der Waals surface area contributed by atoms with Crippen LogP contribution in [0.3, 0.4) is 0 Å². The molecule has 0 aliphatic carbocycles. The second-order valence-corrected chi connectivity index (χ2v) is 5.85. The van der Waals surface area contributed by atoms with Crippen LogP contribution in [-0.4, -0.2) is 13.2 Å². The van der Waals surface area contributed by atoms with Gasteiger partial charge in [0.1, 0.15) is 17.6 Å². The lowest BCUT2D eigenvalue weighted by atomic mass is 9.94. The first kappa shape index (κ1) is 14.0. The van der Waals surface area contributed by atoms with Crippen molar-refractivity contribution in [2.24, 2.45) is 0 Å². The van der Waals surface area contributed by atoms with Crippen LogP contribution in [0.1, 0.15) is 23.5 Å². The van der Waals surface area contributed by atoms with E-state index in [9.17, 15) is 0 Å². The molecule has 1 unspecified atom stereocenters. The highest BCUT2D eigenvalue weighted by molar-refractivity contribution is 9.10. The number of nitrogens with zero attached hydrogens (tertiary/aromatic N) is 1. The third kappa shape index (κ3) is 3.03. The molecule has 0 spiro atoms. The van der Waals surface area contributed by atoms with Crippen LogP contribution in [-0.2, 0) is 0 Å². The first-order valence-electron chi connectivity index (χ1n) is 6.82. The smallest absolute Gasteiger partial charge is 0.137 e. The zero-order chi connectivity index (χ0) is 14.7. The van der Waals surface area contributed by atoms with Gasteiger partial charge in [0.05, 0.1) is 18.8 Å². The van der Waals surface area contributed by atoms with Crippen molar-refractivity contribution in [2.45, 2.75) is 12.3 Å². The van der Waals surface area contributed by atoms with Gasteiger partial charge in [0.15, 0.2) is 0 Å². The van der Waals surface area contributed by atoms with Crippen molar-refractivity contribution < 1.29 is 9.47 Å². The molecule has 4 heteroatoms. The molecule has 1 atom stereocenters. The summed E-state index contributed by atoms with van der Waals surface area (Å²) in [5.41, 5.74) is 1.73. The molecule has 2 aromatic carbocycles. The number of rotatable bonds is 3. The number of para-hydroxylation sites is 1. The van der Waals surface area contributed by atoms with Crippen LogP contribution in [0.25, 0.3) is 0 Å². The van der Waals surface area contributed by atoms with Crippen molar-refractivity contribution in [1.82, 2.24) is 0 Å². The molecule has 0 bridgehead atoms. The van der Waals surface area contributed by atoms with Crippen molar-refractivity contribution in [3.8, 4) is 17.6 Å². The minimum Gasteiger partial charge on any atom is -0.493 e. The summed E-state index contributed by atoms with van der Waals surface area (Å²) in [5, 5.41) is 9.17. The molecule has 1 aliphatic rings. The van der Waals surface area contributed by atoms with E-state index in [4.69, 9.17) is 14.7 Å². The number of halogens is 1. The molecular formula is C17H14BrNO2. The lowest BCUT2D eigenvalue weighted by molar-refractivity contribution is 0.217. The van der Waals surface area contributed by atoms with Crippen molar-refractivity contribution in [2.75, 3.05) is 13.2 Å². The zero-order valence-electron chi connectivity index (χ0n) is 11.4. The highest BCUT2D eigenvalue weighted by atomic mass is 79.9. The van der Waals surface area contributed by atoms with Gasteiger partial charge in [-0.05, 0) is 30.7 Å². The minimum atomic E-state index is 0.296. The van der Waals surface area contributed by atoms with Crippen LogP contribution in [0.2, 0.25) is 0 Å². The maximum absolute atomic E-state index is 9.17. The second-order valence-electron chi connectivity index (χ2n) is 4.94. The van der Waals surface area contributed by atoms with E-state index in [1.165, 1.54) is 5.56 Å². The van der Waals surface area contributed by atoms with Gasteiger partial charge in [0.2, 0.25) is 0 Å². The van der Waals surface area contributed by atoms with Crippen molar-refractivity contribution in [3.63, 3.8) is 0 Å². The van der Waals surface area contributed by atoms with Crippen molar-refractivity contribution in [1.29, 1.82) is 5.26 Å². The highest BCUT2D eigenvalue weighted by Gasteiger charge is 2.22. The van der Waals surface area contributed by atoms with E-state index >= 15 is 0 Å². The van der Waals surface area contributed by atoms with Crippen LogP contribution in [0.15, 0.2) is 46.9 Å². The van der Waals surface area contributed by atoms with E-state index in [2.05, 4.69) is 28.1 Å². The van der Waals surface area contributed by atoms with Crippen LogP contribution < -0.4 is 9.47 Å². The van der Waals surface area contributed by atoms with Gasteiger partial charge in [-0.1, -0.05) is 34.1 Å². The Kier molecular flexibility index (Phi) is 4.12. The summed E-state index contributed by atoms with van der Waals surface area (Å²) in [4.78, 5) is 0. The summed E-state index contributed by atoms with van der Waals surface area (Å²) in [7, 11) is 0. The van der Waals surface area contributed by atoms with Crippen molar-refractivity contribution in [3.05, 3.63) is 58.1 Å². The molecule has 1 aliphatic heterocycles. The molecule has 2 aromatic rings. The number of benzene rings is 2. The third-order valence-corrected chi connectivity index (χ3v) is 4.08. The lowest BCUT2D eigenvalue weighted by Crippen LogP contribution is -2.19. The largest absolute Gasteiger partial charge is 0.493 e. The summed E-state index contributed by atoms with van der Waals surface area (Å²) in [6.45, 7) is 1.26. The molecule has 0 radical (unpaired) electrons. The molecule has 0 aromatic heterocycles.